The summed E-state index contributed by atoms with van der Waals surface area (Å²) in [5.74, 6) is 0.834. The topological polar surface area (TPSA) is 70.0 Å². The zero-order valence-corrected chi connectivity index (χ0v) is 17.8. The molecule has 4 rings (SSSR count). The molecule has 1 fully saturated rings. The summed E-state index contributed by atoms with van der Waals surface area (Å²) < 4.78 is 2.02. The molecule has 3 aromatic rings. The number of fused-ring (bicyclic) bond motifs is 1. The van der Waals surface area contributed by atoms with Gasteiger partial charge in [-0.1, -0.05) is 6.07 Å². The largest absolute Gasteiger partial charge is 0.358 e. The van der Waals surface area contributed by atoms with Gasteiger partial charge in [0.05, 0.1) is 12.2 Å². The van der Waals surface area contributed by atoms with Crippen LogP contribution >= 0.6 is 11.8 Å². The second-order valence-corrected chi connectivity index (χ2v) is 8.30. The van der Waals surface area contributed by atoms with E-state index in [1.54, 1.807) is 18.8 Å². The summed E-state index contributed by atoms with van der Waals surface area (Å²) in [5.41, 5.74) is 2.68. The number of rotatable bonds is 6. The van der Waals surface area contributed by atoms with Crippen molar-refractivity contribution in [3.63, 3.8) is 0 Å². The molecule has 1 N–H and O–H groups in total. The third-order valence-electron chi connectivity index (χ3n) is 5.21. The van der Waals surface area contributed by atoms with Crippen LogP contribution in [0.15, 0.2) is 59.8 Å². The second-order valence-electron chi connectivity index (χ2n) is 7.25. The lowest BCUT2D eigenvalue weighted by molar-refractivity contribution is -0.122. The summed E-state index contributed by atoms with van der Waals surface area (Å²) in [4.78, 5) is 33.9. The number of nitrogens with zero attached hydrogens (tertiary/aromatic N) is 4. The van der Waals surface area contributed by atoms with Gasteiger partial charge in [0.2, 0.25) is 5.91 Å². The van der Waals surface area contributed by atoms with Crippen molar-refractivity contribution in [2.45, 2.75) is 10.6 Å². The highest BCUT2D eigenvalue weighted by Gasteiger charge is 2.23. The number of amides is 2. The van der Waals surface area contributed by atoms with Crippen LogP contribution in [-0.2, 0) is 10.5 Å². The third kappa shape index (κ3) is 4.83. The molecular weight excluding hydrogens is 398 g/mol. The van der Waals surface area contributed by atoms with Crippen LogP contribution in [0.25, 0.3) is 5.65 Å². The van der Waals surface area contributed by atoms with E-state index in [0.717, 1.165) is 22.0 Å². The van der Waals surface area contributed by atoms with Gasteiger partial charge in [0, 0.05) is 61.8 Å². The Labute approximate surface area is 180 Å². The average Bonchev–Trinajstić information content (AvgIpc) is 3.21. The van der Waals surface area contributed by atoms with Crippen molar-refractivity contribution < 1.29 is 9.59 Å². The zero-order valence-electron chi connectivity index (χ0n) is 17.0. The van der Waals surface area contributed by atoms with Crippen molar-refractivity contribution in [3.05, 3.63) is 66.1 Å². The Balaban J connectivity index is 1.30. The Morgan fingerprint density at radius 1 is 1.07 bits per heavy atom. The number of hydrogen-bond acceptors (Lipinski definition) is 5. The molecule has 1 aliphatic rings. The van der Waals surface area contributed by atoms with Gasteiger partial charge in [-0.15, -0.1) is 11.8 Å². The molecular formula is C22H25N5O2S. The molecule has 0 radical (unpaired) electrons. The number of aromatic nitrogens is 2. The fourth-order valence-electron chi connectivity index (χ4n) is 3.48. The van der Waals surface area contributed by atoms with E-state index in [1.807, 2.05) is 64.2 Å². The first-order valence-electron chi connectivity index (χ1n) is 10.00. The Hall–Kier alpha value is -2.84. The first-order valence-corrected chi connectivity index (χ1v) is 11.0. The molecule has 30 heavy (non-hydrogen) atoms. The normalized spacial score (nSPS) is 14.8. The molecule has 3 heterocycles. The molecule has 1 aromatic carbocycles. The van der Waals surface area contributed by atoms with Gasteiger partial charge in [0.15, 0.2) is 0 Å². The highest BCUT2D eigenvalue weighted by Crippen LogP contribution is 2.23. The standard InChI is InChI=1S/C22H25N5O2S/c1-23-21(28)15-25-10-12-26(13-11-25)22(29)17-5-7-19(8-6-17)30-16-18-14-27-9-3-2-4-20(27)24-18/h2-9,14H,10-13,15-16H2,1H3,(H,23,28). The van der Waals surface area contributed by atoms with Crippen LogP contribution in [0, 0.1) is 0 Å². The molecule has 0 atom stereocenters. The first-order chi connectivity index (χ1) is 14.6. The van der Waals surface area contributed by atoms with Crippen LogP contribution in [0.5, 0.6) is 0 Å². The number of hydrogen-bond donors (Lipinski definition) is 1. The molecule has 0 spiro atoms. The predicted molar refractivity (Wildman–Crippen MR) is 118 cm³/mol. The number of thioether (sulfide) groups is 1. The zero-order chi connectivity index (χ0) is 20.9. The van der Waals surface area contributed by atoms with E-state index in [4.69, 9.17) is 0 Å². The van der Waals surface area contributed by atoms with Crippen LogP contribution in [0.3, 0.4) is 0 Å². The Morgan fingerprint density at radius 3 is 2.53 bits per heavy atom. The molecule has 8 heteroatoms. The van der Waals surface area contributed by atoms with Crippen LogP contribution in [0.4, 0.5) is 0 Å². The summed E-state index contributed by atoms with van der Waals surface area (Å²) in [6.07, 6.45) is 4.04. The summed E-state index contributed by atoms with van der Waals surface area (Å²) in [7, 11) is 1.64. The number of likely N-dealkylation sites (N-methyl/N-ethyl adjacent to an activating group) is 1. The summed E-state index contributed by atoms with van der Waals surface area (Å²) >= 11 is 1.71. The number of benzene rings is 1. The lowest BCUT2D eigenvalue weighted by Gasteiger charge is -2.34. The van der Waals surface area contributed by atoms with Gasteiger partial charge in [-0.3, -0.25) is 14.5 Å². The van der Waals surface area contributed by atoms with Gasteiger partial charge in [-0.2, -0.15) is 0 Å². The second kappa shape index (κ2) is 9.32. The lowest BCUT2D eigenvalue weighted by atomic mass is 10.2. The fraction of sp³-hybridized carbons (Fsp3) is 0.318. The molecule has 0 aliphatic carbocycles. The third-order valence-corrected chi connectivity index (χ3v) is 6.25. The summed E-state index contributed by atoms with van der Waals surface area (Å²) in [6, 6.07) is 13.7. The minimum absolute atomic E-state index is 0.00602. The van der Waals surface area contributed by atoms with Gasteiger partial charge in [-0.25, -0.2) is 4.98 Å². The fourth-order valence-corrected chi connectivity index (χ4v) is 4.26. The van der Waals surface area contributed by atoms with E-state index >= 15 is 0 Å². The number of nitrogens with one attached hydrogen (secondary N) is 1. The Kier molecular flexibility index (Phi) is 6.35. The number of pyridine rings is 1. The van der Waals surface area contributed by atoms with Crippen molar-refractivity contribution in [1.82, 2.24) is 24.5 Å². The number of piperazine rings is 1. The van der Waals surface area contributed by atoms with Crippen molar-refractivity contribution in [2.24, 2.45) is 0 Å². The van der Waals surface area contributed by atoms with Gasteiger partial charge in [0.25, 0.3) is 5.91 Å². The van der Waals surface area contributed by atoms with Gasteiger partial charge in [0.1, 0.15) is 5.65 Å². The molecule has 0 bridgehead atoms. The lowest BCUT2D eigenvalue weighted by Crippen LogP contribution is -2.50. The average molecular weight is 424 g/mol. The molecule has 156 valence electrons. The molecule has 0 unspecified atom stereocenters. The van der Waals surface area contributed by atoms with E-state index in [2.05, 4.69) is 15.2 Å². The van der Waals surface area contributed by atoms with Crippen molar-refractivity contribution in [3.8, 4) is 0 Å². The van der Waals surface area contributed by atoms with Crippen LogP contribution in [0.2, 0.25) is 0 Å². The Morgan fingerprint density at radius 2 is 1.83 bits per heavy atom. The maximum Gasteiger partial charge on any atom is 0.253 e. The number of carbonyl (C=O) groups is 2. The van der Waals surface area contributed by atoms with E-state index in [-0.39, 0.29) is 11.8 Å². The van der Waals surface area contributed by atoms with E-state index in [9.17, 15) is 9.59 Å². The first kappa shape index (κ1) is 20.4. The minimum atomic E-state index is 0.00602. The minimum Gasteiger partial charge on any atom is -0.358 e. The molecule has 2 amide bonds. The summed E-state index contributed by atoms with van der Waals surface area (Å²) in [6.45, 7) is 3.09. The Bertz CT molecular complexity index is 992. The van der Waals surface area contributed by atoms with Gasteiger partial charge < -0.3 is 14.6 Å². The van der Waals surface area contributed by atoms with Crippen molar-refractivity contribution in [2.75, 3.05) is 39.8 Å². The number of imidazole rings is 1. The maximum atomic E-state index is 12.8. The molecule has 0 saturated carbocycles. The predicted octanol–water partition coefficient (Wildman–Crippen LogP) is 2.13. The highest BCUT2D eigenvalue weighted by molar-refractivity contribution is 7.98. The van der Waals surface area contributed by atoms with Gasteiger partial charge in [-0.05, 0) is 36.4 Å². The SMILES string of the molecule is CNC(=O)CN1CCN(C(=O)c2ccc(SCc3cn4ccccc4n3)cc2)CC1. The summed E-state index contributed by atoms with van der Waals surface area (Å²) in [5, 5.41) is 2.64. The monoisotopic (exact) mass is 423 g/mol. The van der Waals surface area contributed by atoms with Crippen LogP contribution in [0.1, 0.15) is 16.1 Å². The number of carbonyl (C=O) groups excluding carboxylic acids is 2. The highest BCUT2D eigenvalue weighted by atomic mass is 32.2. The van der Waals surface area contributed by atoms with E-state index in [0.29, 0.717) is 38.3 Å². The maximum absolute atomic E-state index is 12.8. The molecule has 2 aromatic heterocycles. The van der Waals surface area contributed by atoms with Crippen molar-refractivity contribution >= 4 is 29.2 Å². The van der Waals surface area contributed by atoms with Crippen LogP contribution < -0.4 is 5.32 Å². The van der Waals surface area contributed by atoms with E-state index < -0.39 is 0 Å². The quantitative estimate of drug-likeness (QED) is 0.615. The van der Waals surface area contributed by atoms with Crippen LogP contribution in [-0.4, -0.2) is 70.8 Å². The van der Waals surface area contributed by atoms with E-state index in [1.165, 1.54) is 0 Å². The molecule has 1 aliphatic heterocycles. The smallest absolute Gasteiger partial charge is 0.253 e. The molecule has 1 saturated heterocycles. The molecule has 7 nitrogen and oxygen atoms in total. The van der Waals surface area contributed by atoms with Gasteiger partial charge >= 0.3 is 0 Å². The van der Waals surface area contributed by atoms with Crippen molar-refractivity contribution in [1.29, 1.82) is 0 Å².